The van der Waals surface area contributed by atoms with Gasteiger partial charge in [0.25, 0.3) is 5.91 Å². The van der Waals surface area contributed by atoms with Crippen molar-refractivity contribution in [1.29, 1.82) is 0 Å². The van der Waals surface area contributed by atoms with Crippen LogP contribution in [0.4, 0.5) is 4.79 Å². The van der Waals surface area contributed by atoms with Gasteiger partial charge in [0.2, 0.25) is 0 Å². The molecule has 1 spiro atoms. The van der Waals surface area contributed by atoms with Crippen molar-refractivity contribution in [2.75, 3.05) is 26.7 Å². The summed E-state index contributed by atoms with van der Waals surface area (Å²) in [6, 6.07) is 3.76. The first-order valence-corrected chi connectivity index (χ1v) is 8.54. The lowest BCUT2D eigenvalue weighted by Crippen LogP contribution is -2.39. The van der Waals surface area contributed by atoms with Crippen LogP contribution in [0.5, 0.6) is 0 Å². The number of aromatic nitrogens is 2. The van der Waals surface area contributed by atoms with Gasteiger partial charge in [0, 0.05) is 43.4 Å². The van der Waals surface area contributed by atoms with E-state index in [2.05, 4.69) is 9.97 Å². The molecule has 0 aliphatic carbocycles. The molecule has 0 saturated carbocycles. The number of amides is 2. The summed E-state index contributed by atoms with van der Waals surface area (Å²) in [5.74, 6) is -0.121. The van der Waals surface area contributed by atoms with Gasteiger partial charge in [-0.2, -0.15) is 0 Å². The molecule has 2 aromatic rings. The molecule has 0 N–H and O–H groups in total. The number of carbonyl (C=O) groups excluding carboxylic acids is 2. The fraction of sp³-hybridized carbons (Fsp3) is 0.375. The van der Waals surface area contributed by atoms with Crippen LogP contribution >= 0.6 is 11.3 Å². The molecule has 2 saturated heterocycles. The topological polar surface area (TPSA) is 75.6 Å². The Hall–Kier alpha value is -2.48. The van der Waals surface area contributed by atoms with Gasteiger partial charge in [-0.25, -0.2) is 9.78 Å². The van der Waals surface area contributed by atoms with Crippen molar-refractivity contribution < 1.29 is 14.3 Å². The van der Waals surface area contributed by atoms with Crippen LogP contribution in [0, 0.1) is 0 Å². The molecule has 0 bridgehead atoms. The van der Waals surface area contributed by atoms with Crippen molar-refractivity contribution in [3.63, 3.8) is 0 Å². The minimum absolute atomic E-state index is 0.121. The largest absolute Gasteiger partial charge is 0.439 e. The number of nitrogens with zero attached hydrogens (tertiary/aromatic N) is 4. The first-order chi connectivity index (χ1) is 11.6. The molecule has 7 nitrogen and oxygen atoms in total. The Labute approximate surface area is 142 Å². The molecule has 2 amide bonds. The van der Waals surface area contributed by atoms with Crippen molar-refractivity contribution in [1.82, 2.24) is 19.8 Å². The zero-order valence-electron chi connectivity index (χ0n) is 13.1. The average Bonchev–Trinajstić information content (AvgIpc) is 3.28. The van der Waals surface area contributed by atoms with Crippen molar-refractivity contribution in [3.8, 4) is 10.6 Å². The fourth-order valence-corrected chi connectivity index (χ4v) is 3.96. The Kier molecular flexibility index (Phi) is 3.49. The fourth-order valence-electron chi connectivity index (χ4n) is 3.18. The second-order valence-electron chi connectivity index (χ2n) is 6.16. The number of hydrogen-bond acceptors (Lipinski definition) is 6. The SMILES string of the molecule is CN1C[C@@]2(CCN(C(=O)c3csc(-c4cccnc4)n3)C2)OC1=O. The molecule has 4 heterocycles. The smallest absolute Gasteiger partial charge is 0.410 e. The zero-order chi connectivity index (χ0) is 16.7. The number of rotatable bonds is 2. The minimum Gasteiger partial charge on any atom is -0.439 e. The molecule has 124 valence electrons. The van der Waals surface area contributed by atoms with E-state index in [1.54, 1.807) is 34.6 Å². The highest BCUT2D eigenvalue weighted by atomic mass is 32.1. The molecule has 1 atom stereocenters. The molecule has 2 aromatic heterocycles. The molecule has 24 heavy (non-hydrogen) atoms. The Morgan fingerprint density at radius 1 is 1.42 bits per heavy atom. The van der Waals surface area contributed by atoms with Gasteiger partial charge in [-0.15, -0.1) is 11.3 Å². The third-order valence-electron chi connectivity index (χ3n) is 4.38. The third kappa shape index (κ3) is 2.52. The van der Waals surface area contributed by atoms with Gasteiger partial charge in [-0.3, -0.25) is 9.78 Å². The van der Waals surface area contributed by atoms with E-state index in [4.69, 9.17) is 4.74 Å². The van der Waals surface area contributed by atoms with Gasteiger partial charge < -0.3 is 14.5 Å². The summed E-state index contributed by atoms with van der Waals surface area (Å²) in [6.45, 7) is 1.51. The second kappa shape index (κ2) is 5.55. The number of likely N-dealkylation sites (N-methyl/N-ethyl adjacent to an activating group) is 1. The van der Waals surface area contributed by atoms with E-state index in [9.17, 15) is 9.59 Å². The van der Waals surface area contributed by atoms with Gasteiger partial charge >= 0.3 is 6.09 Å². The van der Waals surface area contributed by atoms with Crippen molar-refractivity contribution >= 4 is 23.3 Å². The quantitative estimate of drug-likeness (QED) is 0.831. The first-order valence-electron chi connectivity index (χ1n) is 7.66. The predicted molar refractivity (Wildman–Crippen MR) is 87.7 cm³/mol. The molecule has 2 aliphatic rings. The van der Waals surface area contributed by atoms with E-state index in [-0.39, 0.29) is 12.0 Å². The highest BCUT2D eigenvalue weighted by molar-refractivity contribution is 7.13. The van der Waals surface area contributed by atoms with Crippen molar-refractivity contribution in [2.24, 2.45) is 0 Å². The number of likely N-dealkylation sites (tertiary alicyclic amines) is 1. The highest BCUT2D eigenvalue weighted by Gasteiger charge is 2.49. The van der Waals surface area contributed by atoms with Crippen LogP contribution in [-0.4, -0.2) is 64.1 Å². The standard InChI is InChI=1S/C16H16N4O3S/c1-19-9-16(23-15(19)22)4-6-20(10-16)14(21)12-8-24-13(18-12)11-3-2-5-17-7-11/h2-3,5,7-8H,4,6,9-10H2,1H3/t16-/m1/s1. The number of ether oxygens (including phenoxy) is 1. The maximum atomic E-state index is 12.7. The lowest BCUT2D eigenvalue weighted by atomic mass is 10.0. The summed E-state index contributed by atoms with van der Waals surface area (Å²) < 4.78 is 5.48. The molecule has 2 aliphatic heterocycles. The van der Waals surface area contributed by atoms with Crippen LogP contribution in [-0.2, 0) is 4.74 Å². The summed E-state index contributed by atoms with van der Waals surface area (Å²) in [4.78, 5) is 36.1. The second-order valence-corrected chi connectivity index (χ2v) is 7.02. The van der Waals surface area contributed by atoms with Gasteiger partial charge in [0.1, 0.15) is 10.7 Å². The summed E-state index contributed by atoms with van der Waals surface area (Å²) >= 11 is 1.42. The van der Waals surface area contributed by atoms with Crippen LogP contribution in [0.1, 0.15) is 16.9 Å². The first kappa shape index (κ1) is 15.1. The number of hydrogen-bond donors (Lipinski definition) is 0. The molecular weight excluding hydrogens is 328 g/mol. The molecule has 2 fully saturated rings. The maximum absolute atomic E-state index is 12.7. The number of pyridine rings is 1. The van der Waals surface area contributed by atoms with Gasteiger partial charge in [-0.05, 0) is 12.1 Å². The van der Waals surface area contributed by atoms with Gasteiger partial charge in [-0.1, -0.05) is 0 Å². The van der Waals surface area contributed by atoms with Gasteiger partial charge in [0.15, 0.2) is 5.60 Å². The summed E-state index contributed by atoms with van der Waals surface area (Å²) in [7, 11) is 1.71. The third-order valence-corrected chi connectivity index (χ3v) is 5.27. The lowest BCUT2D eigenvalue weighted by molar-refractivity contribution is 0.0551. The maximum Gasteiger partial charge on any atom is 0.410 e. The summed E-state index contributed by atoms with van der Waals surface area (Å²) in [5.41, 5.74) is 0.753. The Morgan fingerprint density at radius 2 is 2.29 bits per heavy atom. The van der Waals surface area contributed by atoms with Crippen LogP contribution in [0.2, 0.25) is 0 Å². The van der Waals surface area contributed by atoms with Crippen LogP contribution < -0.4 is 0 Å². The zero-order valence-corrected chi connectivity index (χ0v) is 14.0. The molecule has 4 rings (SSSR count). The van der Waals surface area contributed by atoms with Crippen LogP contribution in [0.15, 0.2) is 29.9 Å². The number of carbonyl (C=O) groups is 2. The van der Waals surface area contributed by atoms with E-state index >= 15 is 0 Å². The van der Waals surface area contributed by atoms with E-state index in [0.717, 1.165) is 10.6 Å². The monoisotopic (exact) mass is 344 g/mol. The molecule has 0 radical (unpaired) electrons. The normalized spacial score (nSPS) is 23.1. The predicted octanol–water partition coefficient (Wildman–Crippen LogP) is 1.87. The van der Waals surface area contributed by atoms with Crippen molar-refractivity contribution in [3.05, 3.63) is 35.6 Å². The van der Waals surface area contributed by atoms with Gasteiger partial charge in [0.05, 0.1) is 13.1 Å². The summed E-state index contributed by atoms with van der Waals surface area (Å²) in [5, 5.41) is 2.54. The van der Waals surface area contributed by atoms with E-state index < -0.39 is 5.60 Å². The molecular formula is C16H16N4O3S. The van der Waals surface area contributed by atoms with E-state index in [1.807, 2.05) is 12.1 Å². The Morgan fingerprint density at radius 3 is 3.00 bits per heavy atom. The Balaban J connectivity index is 1.49. The number of thiazole rings is 1. The Bertz CT molecular complexity index is 794. The van der Waals surface area contributed by atoms with E-state index in [0.29, 0.717) is 31.7 Å². The lowest BCUT2D eigenvalue weighted by Gasteiger charge is -2.21. The summed E-state index contributed by atoms with van der Waals surface area (Å²) in [6.07, 6.45) is 3.77. The molecule has 8 heteroatoms. The van der Waals surface area contributed by atoms with Crippen LogP contribution in [0.3, 0.4) is 0 Å². The minimum atomic E-state index is -0.566. The van der Waals surface area contributed by atoms with E-state index in [1.165, 1.54) is 11.3 Å². The van der Waals surface area contributed by atoms with Crippen LogP contribution in [0.25, 0.3) is 10.6 Å². The van der Waals surface area contributed by atoms with Crippen molar-refractivity contribution in [2.45, 2.75) is 12.0 Å². The highest BCUT2D eigenvalue weighted by Crippen LogP contribution is 2.33. The average molecular weight is 344 g/mol. The molecule has 0 aromatic carbocycles. The molecule has 0 unspecified atom stereocenters.